The highest BCUT2D eigenvalue weighted by atomic mass is 15.2. The maximum absolute atomic E-state index is 4.28. The van der Waals surface area contributed by atoms with E-state index in [0.29, 0.717) is 5.41 Å². The van der Waals surface area contributed by atoms with Gasteiger partial charge in [-0.1, -0.05) is 20.8 Å². The van der Waals surface area contributed by atoms with E-state index in [4.69, 9.17) is 0 Å². The Hall–Kier alpha value is -0.830. The number of aromatic amines is 1. The first kappa shape index (κ1) is 10.7. The summed E-state index contributed by atoms with van der Waals surface area (Å²) in [5, 5.41) is 7.41. The van der Waals surface area contributed by atoms with Crippen molar-refractivity contribution in [3.8, 4) is 0 Å². The van der Waals surface area contributed by atoms with E-state index in [9.17, 15) is 0 Å². The topological polar surface area (TPSA) is 31.9 Å². The predicted octanol–water partition coefficient (Wildman–Crippen LogP) is 2.12. The molecule has 0 spiro atoms. The van der Waals surface area contributed by atoms with Crippen molar-refractivity contribution in [3.63, 3.8) is 0 Å². The maximum Gasteiger partial charge on any atom is 0.0639 e. The molecule has 0 bridgehead atoms. The number of aryl methyl sites for hydroxylation is 1. The van der Waals surface area contributed by atoms with Crippen LogP contribution in [0.5, 0.6) is 0 Å². The number of hydrogen-bond donors (Lipinski definition) is 1. The fraction of sp³-hybridized carbons (Fsp3) is 0.750. The van der Waals surface area contributed by atoms with Crippen LogP contribution in [0.25, 0.3) is 0 Å². The van der Waals surface area contributed by atoms with Crippen LogP contribution in [0.4, 0.5) is 0 Å². The second-order valence-electron chi connectivity index (χ2n) is 5.79. The molecule has 1 aromatic heterocycles. The Morgan fingerprint density at radius 3 is 2.80 bits per heavy atom. The summed E-state index contributed by atoms with van der Waals surface area (Å²) in [5.41, 5.74) is 4.32. The van der Waals surface area contributed by atoms with Gasteiger partial charge in [0.05, 0.1) is 5.69 Å². The van der Waals surface area contributed by atoms with Crippen LogP contribution in [0, 0.1) is 12.3 Å². The smallest absolute Gasteiger partial charge is 0.0639 e. The third kappa shape index (κ3) is 2.40. The van der Waals surface area contributed by atoms with Crippen molar-refractivity contribution >= 4 is 0 Å². The summed E-state index contributed by atoms with van der Waals surface area (Å²) < 4.78 is 0. The zero-order valence-electron chi connectivity index (χ0n) is 10.2. The molecule has 0 aromatic carbocycles. The van der Waals surface area contributed by atoms with E-state index in [-0.39, 0.29) is 0 Å². The summed E-state index contributed by atoms with van der Waals surface area (Å²) in [7, 11) is 0. The predicted molar refractivity (Wildman–Crippen MR) is 61.8 cm³/mol. The molecule has 0 atom stereocenters. The quantitative estimate of drug-likeness (QED) is 0.765. The largest absolute Gasteiger partial charge is 0.298 e. The minimum absolute atomic E-state index is 0.384. The van der Waals surface area contributed by atoms with Gasteiger partial charge in [0.15, 0.2) is 0 Å². The number of fused-ring (bicyclic) bond motifs is 1. The molecule has 3 heteroatoms. The van der Waals surface area contributed by atoms with Crippen molar-refractivity contribution in [2.24, 2.45) is 5.41 Å². The zero-order valence-corrected chi connectivity index (χ0v) is 10.2. The van der Waals surface area contributed by atoms with E-state index in [1.54, 1.807) is 0 Å². The van der Waals surface area contributed by atoms with Crippen LogP contribution in [0.2, 0.25) is 0 Å². The molecule has 0 saturated heterocycles. The molecular weight excluding hydrogens is 186 g/mol. The Labute approximate surface area is 91.9 Å². The Kier molecular flexibility index (Phi) is 2.59. The van der Waals surface area contributed by atoms with Crippen LogP contribution in [-0.2, 0) is 13.0 Å². The molecule has 2 heterocycles. The molecule has 0 fully saturated rings. The molecule has 1 aliphatic heterocycles. The fourth-order valence-electron chi connectivity index (χ4n) is 2.30. The van der Waals surface area contributed by atoms with Crippen molar-refractivity contribution in [1.29, 1.82) is 0 Å². The van der Waals surface area contributed by atoms with Crippen molar-refractivity contribution < 1.29 is 0 Å². The van der Waals surface area contributed by atoms with E-state index >= 15 is 0 Å². The lowest BCUT2D eigenvalue weighted by Gasteiger charge is -2.32. The van der Waals surface area contributed by atoms with Gasteiger partial charge in [-0.25, -0.2) is 0 Å². The van der Waals surface area contributed by atoms with Gasteiger partial charge < -0.3 is 0 Å². The zero-order chi connectivity index (χ0) is 11.1. The number of rotatable bonds is 1. The van der Waals surface area contributed by atoms with Crippen molar-refractivity contribution in [2.75, 3.05) is 13.1 Å². The van der Waals surface area contributed by atoms with E-state index in [1.807, 2.05) is 0 Å². The summed E-state index contributed by atoms with van der Waals surface area (Å²) in [6.07, 6.45) is 1.12. The SMILES string of the molecule is Cc1n[nH]c2c1CN(CC(C)(C)C)CC2. The fourth-order valence-corrected chi connectivity index (χ4v) is 2.30. The normalized spacial score (nSPS) is 17.9. The molecular formula is C12H21N3. The summed E-state index contributed by atoms with van der Waals surface area (Å²) >= 11 is 0. The molecule has 15 heavy (non-hydrogen) atoms. The first-order valence-corrected chi connectivity index (χ1v) is 5.71. The van der Waals surface area contributed by atoms with E-state index in [1.165, 1.54) is 17.0 Å². The number of aromatic nitrogens is 2. The number of nitrogens with one attached hydrogen (secondary N) is 1. The van der Waals surface area contributed by atoms with Crippen LogP contribution in [0.3, 0.4) is 0 Å². The molecule has 84 valence electrons. The Balaban J connectivity index is 2.08. The molecule has 0 amide bonds. The monoisotopic (exact) mass is 207 g/mol. The van der Waals surface area contributed by atoms with E-state index in [0.717, 1.165) is 26.1 Å². The van der Waals surface area contributed by atoms with Gasteiger partial charge >= 0.3 is 0 Å². The highest BCUT2D eigenvalue weighted by molar-refractivity contribution is 5.26. The van der Waals surface area contributed by atoms with Gasteiger partial charge in [0.25, 0.3) is 0 Å². The lowest BCUT2D eigenvalue weighted by Crippen LogP contribution is -2.36. The number of nitrogens with zero attached hydrogens (tertiary/aromatic N) is 2. The van der Waals surface area contributed by atoms with Crippen molar-refractivity contribution in [1.82, 2.24) is 15.1 Å². The van der Waals surface area contributed by atoms with Gasteiger partial charge in [0, 0.05) is 37.3 Å². The van der Waals surface area contributed by atoms with Crippen LogP contribution in [-0.4, -0.2) is 28.2 Å². The maximum atomic E-state index is 4.28. The first-order valence-electron chi connectivity index (χ1n) is 5.71. The third-order valence-corrected chi connectivity index (χ3v) is 2.92. The van der Waals surface area contributed by atoms with Crippen LogP contribution < -0.4 is 0 Å². The van der Waals surface area contributed by atoms with Crippen molar-refractivity contribution in [2.45, 2.75) is 40.7 Å². The van der Waals surface area contributed by atoms with Gasteiger partial charge in [-0.05, 0) is 12.3 Å². The van der Waals surface area contributed by atoms with E-state index < -0.39 is 0 Å². The number of hydrogen-bond acceptors (Lipinski definition) is 2. The molecule has 0 unspecified atom stereocenters. The molecule has 1 aliphatic rings. The van der Waals surface area contributed by atoms with Gasteiger partial charge in [0.1, 0.15) is 0 Å². The van der Waals surface area contributed by atoms with Crippen molar-refractivity contribution in [3.05, 3.63) is 17.0 Å². The van der Waals surface area contributed by atoms with E-state index in [2.05, 4.69) is 42.8 Å². The average Bonchev–Trinajstić information content (AvgIpc) is 2.45. The minimum atomic E-state index is 0.384. The highest BCUT2D eigenvalue weighted by Gasteiger charge is 2.23. The second kappa shape index (κ2) is 3.63. The van der Waals surface area contributed by atoms with Gasteiger partial charge in [-0.3, -0.25) is 10.00 Å². The Morgan fingerprint density at radius 1 is 1.40 bits per heavy atom. The first-order chi connectivity index (χ1) is 6.96. The molecule has 0 saturated carbocycles. The Bertz CT molecular complexity index is 346. The summed E-state index contributed by atoms with van der Waals surface area (Å²) in [6.45, 7) is 12.4. The lowest BCUT2D eigenvalue weighted by atomic mass is 9.94. The molecule has 1 aromatic rings. The molecule has 0 aliphatic carbocycles. The standard InChI is InChI=1S/C12H21N3/c1-9-10-7-15(8-12(2,3)4)6-5-11(10)14-13-9/h5-8H2,1-4H3,(H,13,14). The second-order valence-corrected chi connectivity index (χ2v) is 5.79. The summed E-state index contributed by atoms with van der Waals surface area (Å²) in [4.78, 5) is 2.53. The molecule has 2 rings (SSSR count). The molecule has 3 nitrogen and oxygen atoms in total. The molecule has 0 radical (unpaired) electrons. The lowest BCUT2D eigenvalue weighted by molar-refractivity contribution is 0.176. The number of H-pyrrole nitrogens is 1. The minimum Gasteiger partial charge on any atom is -0.298 e. The van der Waals surface area contributed by atoms with Gasteiger partial charge in [0.2, 0.25) is 0 Å². The van der Waals surface area contributed by atoms with Crippen LogP contribution >= 0.6 is 0 Å². The molecule has 1 N–H and O–H groups in total. The van der Waals surface area contributed by atoms with Crippen LogP contribution in [0.1, 0.15) is 37.7 Å². The highest BCUT2D eigenvalue weighted by Crippen LogP contribution is 2.23. The van der Waals surface area contributed by atoms with Crippen LogP contribution in [0.15, 0.2) is 0 Å². The summed E-state index contributed by atoms with van der Waals surface area (Å²) in [5.74, 6) is 0. The van der Waals surface area contributed by atoms with Gasteiger partial charge in [-0.15, -0.1) is 0 Å². The van der Waals surface area contributed by atoms with Gasteiger partial charge in [-0.2, -0.15) is 5.10 Å². The Morgan fingerprint density at radius 2 is 2.13 bits per heavy atom. The average molecular weight is 207 g/mol. The third-order valence-electron chi connectivity index (χ3n) is 2.92. The summed E-state index contributed by atoms with van der Waals surface area (Å²) in [6, 6.07) is 0.